The lowest BCUT2D eigenvalue weighted by atomic mass is 10.2. The normalized spacial score (nSPS) is 11.4. The molecule has 0 radical (unpaired) electrons. The molecule has 10 heteroatoms. The van der Waals surface area contributed by atoms with Crippen molar-refractivity contribution in [1.82, 2.24) is 10.2 Å². The second-order valence-electron chi connectivity index (χ2n) is 6.76. The molecule has 164 valence electrons. The summed E-state index contributed by atoms with van der Waals surface area (Å²) in [6, 6.07) is 8.28. The number of hydrogen-bond acceptors (Lipinski definition) is 5. The van der Waals surface area contributed by atoms with Crippen LogP contribution in [0.4, 0.5) is 9.18 Å². The Hall–Kier alpha value is -2.36. The molecule has 2 rings (SSSR count). The Morgan fingerprint density at radius 2 is 1.87 bits per heavy atom. The molecule has 2 aromatic rings. The highest BCUT2D eigenvalue weighted by atomic mass is 35.5. The zero-order chi connectivity index (χ0) is 22.3. The number of nitrogens with zero attached hydrogens (tertiary/aromatic N) is 1. The summed E-state index contributed by atoms with van der Waals surface area (Å²) < 4.78 is 48.7. The van der Waals surface area contributed by atoms with Crippen molar-refractivity contribution >= 4 is 27.8 Å². The Balaban J connectivity index is 2.32. The lowest BCUT2D eigenvalue weighted by Crippen LogP contribution is -2.44. The predicted molar refractivity (Wildman–Crippen MR) is 112 cm³/mol. The van der Waals surface area contributed by atoms with Gasteiger partial charge in [0.2, 0.25) is 0 Å². The molecule has 0 atom stereocenters. The summed E-state index contributed by atoms with van der Waals surface area (Å²) in [7, 11) is -2.70. The molecule has 30 heavy (non-hydrogen) atoms. The van der Waals surface area contributed by atoms with Gasteiger partial charge in [-0.2, -0.15) is 8.42 Å². The summed E-state index contributed by atoms with van der Waals surface area (Å²) in [5, 5.41) is 3.14. The van der Waals surface area contributed by atoms with E-state index in [1.807, 2.05) is 13.8 Å². The first-order chi connectivity index (χ1) is 14.1. The van der Waals surface area contributed by atoms with Gasteiger partial charge in [-0.1, -0.05) is 11.6 Å². The van der Waals surface area contributed by atoms with E-state index in [2.05, 4.69) is 5.32 Å². The first-order valence-corrected chi connectivity index (χ1v) is 10.9. The maximum absolute atomic E-state index is 13.1. The highest BCUT2D eigenvalue weighted by molar-refractivity contribution is 7.87. The van der Waals surface area contributed by atoms with E-state index in [1.54, 1.807) is 0 Å². The van der Waals surface area contributed by atoms with Gasteiger partial charge in [-0.25, -0.2) is 9.18 Å². The third kappa shape index (κ3) is 6.86. The quantitative estimate of drug-likeness (QED) is 0.577. The summed E-state index contributed by atoms with van der Waals surface area (Å²) in [6.45, 7) is 4.25. The number of ether oxygens (including phenoxy) is 1. The van der Waals surface area contributed by atoms with Crippen LogP contribution in [0.25, 0.3) is 0 Å². The van der Waals surface area contributed by atoms with Crippen LogP contribution >= 0.6 is 11.6 Å². The number of benzene rings is 2. The van der Waals surface area contributed by atoms with E-state index < -0.39 is 15.9 Å². The summed E-state index contributed by atoms with van der Waals surface area (Å²) in [6.07, 6.45) is 0. The van der Waals surface area contributed by atoms with E-state index in [9.17, 15) is 17.6 Å². The van der Waals surface area contributed by atoms with Crippen LogP contribution in [0.2, 0.25) is 5.02 Å². The fraction of sp³-hybridized carbons (Fsp3) is 0.350. The number of methoxy groups -OCH3 is 1. The monoisotopic (exact) mass is 458 g/mol. The molecule has 0 saturated heterocycles. The van der Waals surface area contributed by atoms with Crippen molar-refractivity contribution < 1.29 is 26.5 Å². The summed E-state index contributed by atoms with van der Waals surface area (Å²) >= 11 is 6.08. The summed E-state index contributed by atoms with van der Waals surface area (Å²) in [4.78, 5) is 13.8. The van der Waals surface area contributed by atoms with Crippen LogP contribution in [0.1, 0.15) is 19.4 Å². The SMILES string of the molecule is COCCN(Cc1cc(Cl)ccc1OS(=O)(=O)c1ccc(F)cc1)C(=O)NC(C)C. The Morgan fingerprint density at radius 3 is 2.47 bits per heavy atom. The molecule has 0 fully saturated rings. The van der Waals surface area contributed by atoms with Crippen LogP contribution in [0.15, 0.2) is 47.4 Å². The minimum absolute atomic E-state index is 0.0171. The van der Waals surface area contributed by atoms with Gasteiger partial charge >= 0.3 is 16.1 Å². The molecule has 0 unspecified atom stereocenters. The molecule has 0 aliphatic carbocycles. The number of halogens is 2. The Kier molecular flexibility index (Phi) is 8.45. The second-order valence-corrected chi connectivity index (χ2v) is 8.74. The van der Waals surface area contributed by atoms with Gasteiger partial charge in [0.25, 0.3) is 0 Å². The number of hydrogen-bond donors (Lipinski definition) is 1. The van der Waals surface area contributed by atoms with Gasteiger partial charge in [0, 0.05) is 30.3 Å². The maximum atomic E-state index is 13.1. The lowest BCUT2D eigenvalue weighted by Gasteiger charge is -2.25. The first kappa shape index (κ1) is 23.9. The molecule has 0 saturated carbocycles. The molecular weight excluding hydrogens is 435 g/mol. The van der Waals surface area contributed by atoms with Crippen LogP contribution in [0, 0.1) is 5.82 Å². The number of rotatable bonds is 9. The maximum Gasteiger partial charge on any atom is 0.339 e. The predicted octanol–water partition coefficient (Wildman–Crippen LogP) is 3.81. The van der Waals surface area contributed by atoms with Crippen molar-refractivity contribution in [2.75, 3.05) is 20.3 Å². The summed E-state index contributed by atoms with van der Waals surface area (Å²) in [5.74, 6) is -0.547. The lowest BCUT2D eigenvalue weighted by molar-refractivity contribution is 0.145. The van der Waals surface area contributed by atoms with Gasteiger partial charge in [0.1, 0.15) is 16.5 Å². The Morgan fingerprint density at radius 1 is 1.20 bits per heavy atom. The zero-order valence-electron chi connectivity index (χ0n) is 16.9. The number of amides is 2. The summed E-state index contributed by atoms with van der Waals surface area (Å²) in [5.41, 5.74) is 0.392. The van der Waals surface area contributed by atoms with Crippen molar-refractivity contribution in [2.45, 2.75) is 31.3 Å². The van der Waals surface area contributed by atoms with Gasteiger partial charge in [-0.05, 0) is 56.3 Å². The van der Waals surface area contributed by atoms with E-state index >= 15 is 0 Å². The Bertz CT molecular complexity index is 968. The second kappa shape index (κ2) is 10.6. The highest BCUT2D eigenvalue weighted by Gasteiger charge is 2.22. The minimum atomic E-state index is -4.21. The van der Waals surface area contributed by atoms with E-state index in [-0.39, 0.29) is 42.4 Å². The van der Waals surface area contributed by atoms with Gasteiger partial charge in [-0.3, -0.25) is 0 Å². The molecule has 0 aromatic heterocycles. The fourth-order valence-electron chi connectivity index (χ4n) is 2.52. The Labute approximate surface area is 180 Å². The van der Waals surface area contributed by atoms with Gasteiger partial charge in [-0.15, -0.1) is 0 Å². The van der Waals surface area contributed by atoms with Crippen molar-refractivity contribution in [1.29, 1.82) is 0 Å². The average molecular weight is 459 g/mol. The number of urea groups is 1. The van der Waals surface area contributed by atoms with E-state index in [0.717, 1.165) is 24.3 Å². The van der Waals surface area contributed by atoms with Crippen molar-refractivity contribution in [3.8, 4) is 5.75 Å². The minimum Gasteiger partial charge on any atom is -0.383 e. The average Bonchev–Trinajstić information content (AvgIpc) is 2.66. The molecule has 0 heterocycles. The van der Waals surface area contributed by atoms with Crippen LogP contribution in [-0.4, -0.2) is 45.7 Å². The third-order valence-electron chi connectivity index (χ3n) is 3.95. The molecule has 2 aromatic carbocycles. The highest BCUT2D eigenvalue weighted by Crippen LogP contribution is 2.27. The molecule has 1 N–H and O–H groups in total. The van der Waals surface area contributed by atoms with Crippen LogP contribution < -0.4 is 9.50 Å². The van der Waals surface area contributed by atoms with E-state index in [1.165, 1.54) is 30.2 Å². The van der Waals surface area contributed by atoms with Crippen molar-refractivity contribution in [3.05, 3.63) is 58.9 Å². The molecule has 0 bridgehead atoms. The molecule has 2 amide bonds. The zero-order valence-corrected chi connectivity index (χ0v) is 18.5. The molecule has 0 aliphatic heterocycles. The van der Waals surface area contributed by atoms with Crippen molar-refractivity contribution in [3.63, 3.8) is 0 Å². The van der Waals surface area contributed by atoms with Crippen molar-refractivity contribution in [2.24, 2.45) is 0 Å². The molecule has 0 spiro atoms. The third-order valence-corrected chi connectivity index (χ3v) is 5.43. The largest absolute Gasteiger partial charge is 0.383 e. The molecule has 7 nitrogen and oxygen atoms in total. The smallest absolute Gasteiger partial charge is 0.339 e. The number of carbonyl (C=O) groups is 1. The van der Waals surface area contributed by atoms with Crippen LogP contribution in [-0.2, 0) is 21.4 Å². The van der Waals surface area contributed by atoms with Gasteiger partial charge < -0.3 is 19.1 Å². The topological polar surface area (TPSA) is 84.9 Å². The van der Waals surface area contributed by atoms with Gasteiger partial charge in [0.15, 0.2) is 0 Å². The van der Waals surface area contributed by atoms with Crippen LogP contribution in [0.5, 0.6) is 5.75 Å². The fourth-order valence-corrected chi connectivity index (χ4v) is 3.68. The number of nitrogens with one attached hydrogen (secondary N) is 1. The standard InChI is InChI=1S/C20H24ClFN2O5S/c1-14(2)23-20(25)24(10-11-28-3)13-15-12-16(21)4-9-19(15)29-30(26,27)18-7-5-17(22)6-8-18/h4-9,12,14H,10-11,13H2,1-3H3,(H,23,25). The molecular formula is C20H24ClFN2O5S. The first-order valence-electron chi connectivity index (χ1n) is 9.15. The molecule has 0 aliphatic rings. The van der Waals surface area contributed by atoms with Gasteiger partial charge in [0.05, 0.1) is 13.2 Å². The van der Waals surface area contributed by atoms with E-state index in [4.69, 9.17) is 20.5 Å². The van der Waals surface area contributed by atoms with E-state index in [0.29, 0.717) is 10.6 Å². The number of carbonyl (C=O) groups excluding carboxylic acids is 1. The van der Waals surface area contributed by atoms with Crippen LogP contribution in [0.3, 0.4) is 0 Å².